The van der Waals surface area contributed by atoms with Gasteiger partial charge < -0.3 is 5.32 Å². The average Bonchev–Trinajstić information content (AvgIpc) is 3.18. The van der Waals surface area contributed by atoms with Gasteiger partial charge in [0.25, 0.3) is 0 Å². The molecule has 0 aliphatic heterocycles. The van der Waals surface area contributed by atoms with Crippen LogP contribution in [-0.4, -0.2) is 16.3 Å². The summed E-state index contributed by atoms with van der Waals surface area (Å²) >= 11 is 0. The smallest absolute Gasteiger partial charge is 0.130 e. The van der Waals surface area contributed by atoms with Crippen LogP contribution in [0.2, 0.25) is 0 Å². The first-order chi connectivity index (χ1) is 13.9. The summed E-state index contributed by atoms with van der Waals surface area (Å²) in [5.41, 5.74) is 3.23. The number of benzene rings is 2. The van der Waals surface area contributed by atoms with E-state index in [-0.39, 0.29) is 0 Å². The van der Waals surface area contributed by atoms with Crippen molar-refractivity contribution in [2.45, 2.75) is 58.3 Å². The minimum absolute atomic E-state index is 0.988. The third-order valence-corrected chi connectivity index (χ3v) is 5.12. The van der Waals surface area contributed by atoms with E-state index in [0.717, 1.165) is 29.3 Å². The van der Waals surface area contributed by atoms with E-state index in [1.807, 2.05) is 16.8 Å². The second kappa shape index (κ2) is 11.3. The summed E-state index contributed by atoms with van der Waals surface area (Å²) < 4.78 is 2.02. The van der Waals surface area contributed by atoms with E-state index in [9.17, 15) is 0 Å². The molecule has 0 atom stereocenters. The highest BCUT2D eigenvalue weighted by Crippen LogP contribution is 2.24. The third-order valence-electron chi connectivity index (χ3n) is 5.12. The molecule has 3 heteroatoms. The molecule has 3 nitrogen and oxygen atoms in total. The second-order valence-corrected chi connectivity index (χ2v) is 7.43. The molecule has 0 saturated carbocycles. The van der Waals surface area contributed by atoms with Gasteiger partial charge >= 0.3 is 0 Å². The van der Waals surface area contributed by atoms with Crippen LogP contribution in [0, 0.1) is 0 Å². The molecule has 0 aliphatic carbocycles. The third kappa shape index (κ3) is 5.98. The van der Waals surface area contributed by atoms with Crippen LogP contribution in [-0.2, 0) is 0 Å². The first kappa shape index (κ1) is 20.2. The van der Waals surface area contributed by atoms with Crippen molar-refractivity contribution in [2.75, 3.05) is 11.9 Å². The number of para-hydroxylation sites is 1. The monoisotopic (exact) mass is 375 g/mol. The van der Waals surface area contributed by atoms with Crippen LogP contribution in [0.15, 0.2) is 66.7 Å². The molecule has 0 saturated heterocycles. The lowest BCUT2D eigenvalue weighted by Gasteiger charge is -2.09. The van der Waals surface area contributed by atoms with E-state index in [4.69, 9.17) is 5.10 Å². The van der Waals surface area contributed by atoms with Crippen LogP contribution in [0.5, 0.6) is 0 Å². The van der Waals surface area contributed by atoms with Crippen LogP contribution in [0.3, 0.4) is 0 Å². The molecular formula is C25H33N3. The minimum atomic E-state index is 0.988. The molecule has 0 spiro atoms. The molecule has 3 rings (SSSR count). The summed E-state index contributed by atoms with van der Waals surface area (Å²) in [7, 11) is 0. The molecule has 148 valence electrons. The van der Waals surface area contributed by atoms with E-state index >= 15 is 0 Å². The van der Waals surface area contributed by atoms with E-state index in [0.29, 0.717) is 0 Å². The number of nitrogens with one attached hydrogen (secondary N) is 1. The molecule has 0 aliphatic rings. The number of hydrogen-bond donors (Lipinski definition) is 1. The number of anilines is 1. The Morgan fingerprint density at radius 2 is 1.36 bits per heavy atom. The van der Waals surface area contributed by atoms with Gasteiger partial charge in [-0.2, -0.15) is 5.10 Å². The molecule has 3 aromatic rings. The number of unbranched alkanes of at least 4 members (excludes halogenated alkanes) is 7. The lowest BCUT2D eigenvalue weighted by molar-refractivity contribution is 0.580. The fraction of sp³-hybridized carbons (Fsp3) is 0.400. The van der Waals surface area contributed by atoms with Gasteiger partial charge in [-0.1, -0.05) is 100 Å². The fourth-order valence-electron chi connectivity index (χ4n) is 3.50. The molecule has 1 N–H and O–H groups in total. The Morgan fingerprint density at radius 1 is 0.750 bits per heavy atom. The number of aromatic nitrogens is 2. The molecule has 0 fully saturated rings. The summed E-state index contributed by atoms with van der Waals surface area (Å²) in [5, 5.41) is 8.48. The predicted octanol–water partition coefficient (Wildman–Crippen LogP) is 7.09. The van der Waals surface area contributed by atoms with E-state index in [1.54, 1.807) is 0 Å². The SMILES string of the molecule is CCCCCCCCCCNc1cc(-c2ccccc2)nn1-c1ccccc1. The topological polar surface area (TPSA) is 29.9 Å². The van der Waals surface area contributed by atoms with Gasteiger partial charge in [-0.25, -0.2) is 4.68 Å². The van der Waals surface area contributed by atoms with Gasteiger partial charge in [-0.05, 0) is 18.6 Å². The Bertz CT molecular complexity index is 793. The van der Waals surface area contributed by atoms with Crippen molar-refractivity contribution < 1.29 is 0 Å². The number of hydrogen-bond acceptors (Lipinski definition) is 2. The molecule has 1 aromatic heterocycles. The second-order valence-electron chi connectivity index (χ2n) is 7.43. The highest BCUT2D eigenvalue weighted by molar-refractivity contribution is 5.64. The molecule has 1 heterocycles. The maximum absolute atomic E-state index is 4.86. The number of rotatable bonds is 12. The average molecular weight is 376 g/mol. The summed E-state index contributed by atoms with van der Waals surface area (Å²) in [6, 6.07) is 22.9. The van der Waals surface area contributed by atoms with Crippen molar-refractivity contribution in [3.8, 4) is 16.9 Å². The van der Waals surface area contributed by atoms with Crippen LogP contribution < -0.4 is 5.32 Å². The van der Waals surface area contributed by atoms with Crippen LogP contribution in [0.1, 0.15) is 58.3 Å². The predicted molar refractivity (Wildman–Crippen MR) is 120 cm³/mol. The summed E-state index contributed by atoms with van der Waals surface area (Å²) in [6.45, 7) is 3.26. The Hall–Kier alpha value is -2.55. The number of nitrogens with zero attached hydrogens (tertiary/aromatic N) is 2. The van der Waals surface area contributed by atoms with Gasteiger partial charge in [0.05, 0.1) is 11.4 Å². The van der Waals surface area contributed by atoms with Gasteiger partial charge in [0.15, 0.2) is 0 Å². The van der Waals surface area contributed by atoms with Gasteiger partial charge in [0.1, 0.15) is 5.82 Å². The summed E-state index contributed by atoms with van der Waals surface area (Å²) in [4.78, 5) is 0. The maximum atomic E-state index is 4.86. The minimum Gasteiger partial charge on any atom is -0.370 e. The van der Waals surface area contributed by atoms with Crippen LogP contribution in [0.25, 0.3) is 16.9 Å². The molecule has 28 heavy (non-hydrogen) atoms. The van der Waals surface area contributed by atoms with Crippen LogP contribution in [0.4, 0.5) is 5.82 Å². The lowest BCUT2D eigenvalue weighted by Crippen LogP contribution is -2.07. The van der Waals surface area contributed by atoms with Crippen molar-refractivity contribution in [1.82, 2.24) is 9.78 Å². The maximum Gasteiger partial charge on any atom is 0.130 e. The first-order valence-corrected chi connectivity index (χ1v) is 10.8. The lowest BCUT2D eigenvalue weighted by atomic mass is 10.1. The normalized spacial score (nSPS) is 10.9. The Kier molecular flexibility index (Phi) is 8.17. The zero-order valence-corrected chi connectivity index (χ0v) is 17.1. The Morgan fingerprint density at radius 3 is 2.04 bits per heavy atom. The molecule has 0 unspecified atom stereocenters. The van der Waals surface area contributed by atoms with Crippen molar-refractivity contribution in [3.63, 3.8) is 0 Å². The van der Waals surface area contributed by atoms with Crippen molar-refractivity contribution >= 4 is 5.82 Å². The van der Waals surface area contributed by atoms with E-state index < -0.39 is 0 Å². The Labute approximate surface area is 169 Å². The standard InChI is InChI=1S/C25H33N3/c1-2-3-4-5-6-7-8-15-20-26-25-21-24(22-16-11-9-12-17-22)27-28(25)23-18-13-10-14-19-23/h9-14,16-19,21,26H,2-8,15,20H2,1H3. The molecule has 0 radical (unpaired) electrons. The highest BCUT2D eigenvalue weighted by Gasteiger charge is 2.10. The highest BCUT2D eigenvalue weighted by atomic mass is 15.3. The van der Waals surface area contributed by atoms with Gasteiger partial charge in [-0.15, -0.1) is 0 Å². The first-order valence-electron chi connectivity index (χ1n) is 10.8. The van der Waals surface area contributed by atoms with Gasteiger partial charge in [0.2, 0.25) is 0 Å². The zero-order valence-electron chi connectivity index (χ0n) is 17.1. The van der Waals surface area contributed by atoms with Crippen molar-refractivity contribution in [2.24, 2.45) is 0 Å². The Balaban J connectivity index is 1.58. The van der Waals surface area contributed by atoms with E-state index in [1.165, 1.54) is 51.4 Å². The van der Waals surface area contributed by atoms with Crippen molar-refractivity contribution in [3.05, 3.63) is 66.7 Å². The largest absolute Gasteiger partial charge is 0.370 e. The molecular weight excluding hydrogens is 342 g/mol. The van der Waals surface area contributed by atoms with Gasteiger partial charge in [0, 0.05) is 18.2 Å². The van der Waals surface area contributed by atoms with E-state index in [2.05, 4.69) is 66.8 Å². The van der Waals surface area contributed by atoms with Crippen LogP contribution >= 0.6 is 0 Å². The summed E-state index contributed by atoms with van der Waals surface area (Å²) in [5.74, 6) is 1.06. The molecule has 0 bridgehead atoms. The van der Waals surface area contributed by atoms with Gasteiger partial charge in [-0.3, -0.25) is 0 Å². The van der Waals surface area contributed by atoms with Crippen molar-refractivity contribution in [1.29, 1.82) is 0 Å². The molecule has 0 amide bonds. The fourth-order valence-corrected chi connectivity index (χ4v) is 3.50. The summed E-state index contributed by atoms with van der Waals surface area (Å²) in [6.07, 6.45) is 10.7. The zero-order chi connectivity index (χ0) is 19.4. The molecule has 2 aromatic carbocycles. The quantitative estimate of drug-likeness (QED) is 0.342.